The van der Waals surface area contributed by atoms with Crippen LogP contribution in [0, 0.1) is 5.92 Å². The molecule has 0 saturated carbocycles. The van der Waals surface area contributed by atoms with Gasteiger partial charge in [0, 0.05) is 6.42 Å². The summed E-state index contributed by atoms with van der Waals surface area (Å²) in [6.45, 7) is 2.20. The average Bonchev–Trinajstić information content (AvgIpc) is 2.39. The summed E-state index contributed by atoms with van der Waals surface area (Å²) in [4.78, 5) is 21.5. The van der Waals surface area contributed by atoms with E-state index >= 15 is 0 Å². The number of aliphatic carboxylic acids is 2. The fourth-order valence-corrected chi connectivity index (χ4v) is 2.42. The number of carboxylic acids is 2. The van der Waals surface area contributed by atoms with E-state index in [1.807, 2.05) is 0 Å². The van der Waals surface area contributed by atoms with Crippen molar-refractivity contribution in [3.05, 3.63) is 0 Å². The predicted octanol–water partition coefficient (Wildman–Crippen LogP) is 4.47. The predicted molar refractivity (Wildman–Crippen MR) is 79.8 cm³/mol. The zero-order valence-electron chi connectivity index (χ0n) is 12.8. The van der Waals surface area contributed by atoms with Crippen LogP contribution in [-0.4, -0.2) is 22.2 Å². The molecule has 0 rings (SSSR count). The molecule has 0 saturated heterocycles. The topological polar surface area (TPSA) is 74.6 Å². The fraction of sp³-hybridized carbons (Fsp3) is 0.875. The molecule has 0 fully saturated rings. The highest BCUT2D eigenvalue weighted by Crippen LogP contribution is 2.18. The maximum atomic E-state index is 11.1. The Balaban J connectivity index is 3.55. The summed E-state index contributed by atoms with van der Waals surface area (Å²) in [7, 11) is 0. The van der Waals surface area contributed by atoms with Gasteiger partial charge in [0.2, 0.25) is 0 Å². The molecule has 118 valence electrons. The van der Waals surface area contributed by atoms with E-state index < -0.39 is 11.9 Å². The molecule has 0 aromatic carbocycles. The van der Waals surface area contributed by atoms with Gasteiger partial charge in [-0.2, -0.15) is 0 Å². The molecule has 0 aromatic rings. The minimum atomic E-state index is -0.846. The first-order chi connectivity index (χ1) is 9.57. The van der Waals surface area contributed by atoms with Crippen LogP contribution >= 0.6 is 0 Å². The minimum Gasteiger partial charge on any atom is -0.481 e. The summed E-state index contributed by atoms with van der Waals surface area (Å²) < 4.78 is 0. The molecule has 0 spiro atoms. The largest absolute Gasteiger partial charge is 0.481 e. The summed E-state index contributed by atoms with van der Waals surface area (Å²) in [6.07, 6.45) is 11.3. The van der Waals surface area contributed by atoms with Crippen LogP contribution in [-0.2, 0) is 9.59 Å². The lowest BCUT2D eigenvalue weighted by Crippen LogP contribution is -2.14. The second kappa shape index (κ2) is 12.9. The summed E-state index contributed by atoms with van der Waals surface area (Å²) in [6, 6.07) is 0. The summed E-state index contributed by atoms with van der Waals surface area (Å²) in [5.74, 6) is -1.99. The third kappa shape index (κ3) is 12.0. The molecule has 20 heavy (non-hydrogen) atoms. The average molecular weight is 286 g/mol. The Kier molecular flexibility index (Phi) is 12.3. The molecule has 0 amide bonds. The van der Waals surface area contributed by atoms with Crippen LogP contribution in [0.2, 0.25) is 0 Å². The SMILES string of the molecule is CCCCCCCCCCC(CCCC(=O)O)C(=O)O. The van der Waals surface area contributed by atoms with E-state index in [2.05, 4.69) is 6.92 Å². The standard InChI is InChI=1S/C16H30O4/c1-2-3-4-5-6-7-8-9-11-14(16(19)20)12-10-13-15(17)18/h14H,2-13H2,1H3,(H,17,18)(H,19,20). The van der Waals surface area contributed by atoms with Gasteiger partial charge in [0.15, 0.2) is 0 Å². The normalized spacial score (nSPS) is 12.2. The van der Waals surface area contributed by atoms with Crippen molar-refractivity contribution in [3.8, 4) is 0 Å². The van der Waals surface area contributed by atoms with Gasteiger partial charge in [-0.1, -0.05) is 58.3 Å². The molecule has 0 aromatic heterocycles. The molecule has 0 aliphatic carbocycles. The maximum Gasteiger partial charge on any atom is 0.306 e. The van der Waals surface area contributed by atoms with Gasteiger partial charge in [-0.15, -0.1) is 0 Å². The van der Waals surface area contributed by atoms with E-state index in [0.29, 0.717) is 19.3 Å². The third-order valence-corrected chi connectivity index (χ3v) is 3.70. The molecule has 1 atom stereocenters. The van der Waals surface area contributed by atoms with Gasteiger partial charge in [-0.25, -0.2) is 0 Å². The highest BCUT2D eigenvalue weighted by Gasteiger charge is 2.16. The summed E-state index contributed by atoms with van der Waals surface area (Å²) in [5, 5.41) is 17.6. The van der Waals surface area contributed by atoms with E-state index in [9.17, 15) is 9.59 Å². The van der Waals surface area contributed by atoms with E-state index in [0.717, 1.165) is 12.8 Å². The Morgan fingerprint density at radius 1 is 0.800 bits per heavy atom. The summed E-state index contributed by atoms with van der Waals surface area (Å²) >= 11 is 0. The molecule has 4 nitrogen and oxygen atoms in total. The molecular weight excluding hydrogens is 256 g/mol. The Hall–Kier alpha value is -1.06. The van der Waals surface area contributed by atoms with Gasteiger partial charge in [0.05, 0.1) is 5.92 Å². The smallest absolute Gasteiger partial charge is 0.306 e. The highest BCUT2D eigenvalue weighted by molar-refractivity contribution is 5.70. The Morgan fingerprint density at radius 2 is 1.30 bits per heavy atom. The van der Waals surface area contributed by atoms with Crippen molar-refractivity contribution in [1.29, 1.82) is 0 Å². The van der Waals surface area contributed by atoms with Crippen LogP contribution in [0.25, 0.3) is 0 Å². The first-order valence-electron chi connectivity index (χ1n) is 8.02. The van der Waals surface area contributed by atoms with Crippen LogP contribution in [0.3, 0.4) is 0 Å². The van der Waals surface area contributed by atoms with Gasteiger partial charge in [-0.3, -0.25) is 9.59 Å². The number of carboxylic acid groups (broad SMARTS) is 2. The number of unbranched alkanes of at least 4 members (excludes halogenated alkanes) is 7. The molecular formula is C16H30O4. The van der Waals surface area contributed by atoms with Crippen LogP contribution in [0.4, 0.5) is 0 Å². The van der Waals surface area contributed by atoms with Crippen molar-refractivity contribution in [1.82, 2.24) is 0 Å². The lowest BCUT2D eigenvalue weighted by atomic mass is 9.95. The molecule has 0 radical (unpaired) electrons. The monoisotopic (exact) mass is 286 g/mol. The molecule has 0 heterocycles. The van der Waals surface area contributed by atoms with E-state index in [1.165, 1.54) is 38.5 Å². The molecule has 0 bridgehead atoms. The van der Waals surface area contributed by atoms with E-state index in [4.69, 9.17) is 10.2 Å². The van der Waals surface area contributed by atoms with E-state index in [-0.39, 0.29) is 12.3 Å². The van der Waals surface area contributed by atoms with Gasteiger partial charge in [0.25, 0.3) is 0 Å². The number of hydrogen-bond donors (Lipinski definition) is 2. The van der Waals surface area contributed by atoms with Crippen molar-refractivity contribution in [2.24, 2.45) is 5.92 Å². The Morgan fingerprint density at radius 3 is 1.80 bits per heavy atom. The van der Waals surface area contributed by atoms with Crippen molar-refractivity contribution < 1.29 is 19.8 Å². The molecule has 2 N–H and O–H groups in total. The number of carbonyl (C=O) groups is 2. The van der Waals surface area contributed by atoms with Gasteiger partial charge in [-0.05, 0) is 19.3 Å². The van der Waals surface area contributed by atoms with Crippen molar-refractivity contribution >= 4 is 11.9 Å². The highest BCUT2D eigenvalue weighted by atomic mass is 16.4. The zero-order chi connectivity index (χ0) is 15.2. The van der Waals surface area contributed by atoms with Crippen molar-refractivity contribution in [2.75, 3.05) is 0 Å². The lowest BCUT2D eigenvalue weighted by Gasteiger charge is -2.11. The summed E-state index contributed by atoms with van der Waals surface area (Å²) in [5.41, 5.74) is 0. The molecule has 0 aliphatic heterocycles. The number of rotatable bonds is 14. The maximum absolute atomic E-state index is 11.1. The second-order valence-electron chi connectivity index (χ2n) is 5.58. The lowest BCUT2D eigenvalue weighted by molar-refractivity contribution is -0.143. The first kappa shape index (κ1) is 18.9. The molecule has 4 heteroatoms. The Labute approximate surface area is 122 Å². The third-order valence-electron chi connectivity index (χ3n) is 3.70. The first-order valence-corrected chi connectivity index (χ1v) is 8.02. The molecule has 1 unspecified atom stereocenters. The zero-order valence-corrected chi connectivity index (χ0v) is 12.8. The molecule has 0 aliphatic rings. The minimum absolute atomic E-state index is 0.0706. The van der Waals surface area contributed by atoms with Crippen LogP contribution in [0.1, 0.15) is 84.0 Å². The van der Waals surface area contributed by atoms with Crippen LogP contribution in [0.15, 0.2) is 0 Å². The fourth-order valence-electron chi connectivity index (χ4n) is 2.42. The van der Waals surface area contributed by atoms with Gasteiger partial charge in [0.1, 0.15) is 0 Å². The Bertz CT molecular complexity index is 263. The van der Waals surface area contributed by atoms with Crippen LogP contribution < -0.4 is 0 Å². The second-order valence-corrected chi connectivity index (χ2v) is 5.58. The van der Waals surface area contributed by atoms with Crippen molar-refractivity contribution in [3.63, 3.8) is 0 Å². The van der Waals surface area contributed by atoms with E-state index in [1.54, 1.807) is 0 Å². The van der Waals surface area contributed by atoms with Crippen molar-refractivity contribution in [2.45, 2.75) is 84.0 Å². The quantitative estimate of drug-likeness (QED) is 0.462. The van der Waals surface area contributed by atoms with Crippen LogP contribution in [0.5, 0.6) is 0 Å². The van der Waals surface area contributed by atoms with Gasteiger partial charge < -0.3 is 10.2 Å². The van der Waals surface area contributed by atoms with Gasteiger partial charge >= 0.3 is 11.9 Å². The number of hydrogen-bond acceptors (Lipinski definition) is 2.